The molecule has 3 heteroatoms. The molecule has 0 radical (unpaired) electrons. The summed E-state index contributed by atoms with van der Waals surface area (Å²) in [6, 6.07) is 10.4. The minimum absolute atomic E-state index is 0.181. The third-order valence-electron chi connectivity index (χ3n) is 2.63. The molecule has 1 aromatic carbocycles. The smallest absolute Gasteiger partial charge is 0.122 e. The highest BCUT2D eigenvalue weighted by molar-refractivity contribution is 5.31. The highest BCUT2D eigenvalue weighted by Crippen LogP contribution is 2.19. The molecule has 15 heavy (non-hydrogen) atoms. The third-order valence-corrected chi connectivity index (χ3v) is 2.63. The van der Waals surface area contributed by atoms with Crippen molar-refractivity contribution in [2.24, 2.45) is 0 Å². The molecule has 0 saturated carbocycles. The van der Waals surface area contributed by atoms with Crippen LogP contribution in [0.3, 0.4) is 0 Å². The standard InChI is InChI=1S/C12H15N3/c1-9-3-5-11(6-4-9)10(2)15-12(13)7-8-14-15/h3-8,10H,13H2,1-2H3. The topological polar surface area (TPSA) is 43.8 Å². The summed E-state index contributed by atoms with van der Waals surface area (Å²) in [5.41, 5.74) is 8.29. The van der Waals surface area contributed by atoms with Crippen LogP contribution in [-0.2, 0) is 0 Å². The minimum Gasteiger partial charge on any atom is -0.384 e. The van der Waals surface area contributed by atoms with Gasteiger partial charge in [-0.2, -0.15) is 5.10 Å². The summed E-state index contributed by atoms with van der Waals surface area (Å²) >= 11 is 0. The number of anilines is 1. The van der Waals surface area contributed by atoms with Crippen LogP contribution in [0.1, 0.15) is 24.1 Å². The van der Waals surface area contributed by atoms with E-state index in [4.69, 9.17) is 5.73 Å². The lowest BCUT2D eigenvalue weighted by Gasteiger charge is -2.14. The van der Waals surface area contributed by atoms with Gasteiger partial charge in [0.1, 0.15) is 5.82 Å². The van der Waals surface area contributed by atoms with E-state index >= 15 is 0 Å². The lowest BCUT2D eigenvalue weighted by atomic mass is 10.1. The van der Waals surface area contributed by atoms with Gasteiger partial charge in [-0.25, -0.2) is 4.68 Å². The van der Waals surface area contributed by atoms with Gasteiger partial charge in [0, 0.05) is 0 Å². The summed E-state index contributed by atoms with van der Waals surface area (Å²) in [7, 11) is 0. The Morgan fingerprint density at radius 2 is 1.87 bits per heavy atom. The van der Waals surface area contributed by atoms with E-state index < -0.39 is 0 Å². The highest BCUT2D eigenvalue weighted by atomic mass is 15.3. The summed E-state index contributed by atoms with van der Waals surface area (Å²) in [5.74, 6) is 0.697. The number of hydrogen-bond donors (Lipinski definition) is 1. The Labute approximate surface area is 89.5 Å². The second-order valence-corrected chi connectivity index (χ2v) is 3.79. The van der Waals surface area contributed by atoms with Crippen LogP contribution < -0.4 is 5.73 Å². The summed E-state index contributed by atoms with van der Waals surface area (Å²) in [5, 5.41) is 4.21. The molecule has 1 unspecified atom stereocenters. The van der Waals surface area contributed by atoms with Crippen molar-refractivity contribution in [1.82, 2.24) is 9.78 Å². The number of aromatic nitrogens is 2. The normalized spacial score (nSPS) is 12.7. The zero-order valence-corrected chi connectivity index (χ0v) is 9.01. The zero-order chi connectivity index (χ0) is 10.8. The van der Waals surface area contributed by atoms with Crippen molar-refractivity contribution in [1.29, 1.82) is 0 Å². The Morgan fingerprint density at radius 3 is 2.40 bits per heavy atom. The molecule has 2 aromatic rings. The van der Waals surface area contributed by atoms with Crippen molar-refractivity contribution < 1.29 is 0 Å². The maximum atomic E-state index is 5.81. The molecule has 0 aliphatic rings. The van der Waals surface area contributed by atoms with Crippen molar-refractivity contribution in [3.05, 3.63) is 47.7 Å². The molecule has 2 rings (SSSR count). The molecular formula is C12H15N3. The maximum Gasteiger partial charge on any atom is 0.122 e. The van der Waals surface area contributed by atoms with Crippen molar-refractivity contribution in [3.8, 4) is 0 Å². The van der Waals surface area contributed by atoms with Gasteiger partial charge in [-0.3, -0.25) is 0 Å². The second kappa shape index (κ2) is 3.77. The van der Waals surface area contributed by atoms with Crippen LogP contribution >= 0.6 is 0 Å². The van der Waals surface area contributed by atoms with Crippen LogP contribution in [0.4, 0.5) is 5.82 Å². The predicted octanol–water partition coefficient (Wildman–Crippen LogP) is 2.38. The van der Waals surface area contributed by atoms with Crippen molar-refractivity contribution in [2.75, 3.05) is 5.73 Å². The van der Waals surface area contributed by atoms with E-state index in [-0.39, 0.29) is 6.04 Å². The number of nitrogens with zero attached hydrogens (tertiary/aromatic N) is 2. The van der Waals surface area contributed by atoms with E-state index in [0.717, 1.165) is 0 Å². The van der Waals surface area contributed by atoms with Crippen LogP contribution in [0, 0.1) is 6.92 Å². The van der Waals surface area contributed by atoms with Crippen LogP contribution in [-0.4, -0.2) is 9.78 Å². The molecule has 0 bridgehead atoms. The van der Waals surface area contributed by atoms with Gasteiger partial charge in [0.25, 0.3) is 0 Å². The molecule has 3 nitrogen and oxygen atoms in total. The lowest BCUT2D eigenvalue weighted by Crippen LogP contribution is -2.11. The Kier molecular flexibility index (Phi) is 2.46. The average molecular weight is 201 g/mol. The fourth-order valence-corrected chi connectivity index (χ4v) is 1.63. The molecule has 0 aliphatic heterocycles. The average Bonchev–Trinajstić information content (AvgIpc) is 2.65. The van der Waals surface area contributed by atoms with E-state index in [9.17, 15) is 0 Å². The van der Waals surface area contributed by atoms with Gasteiger partial charge in [0.2, 0.25) is 0 Å². The fraction of sp³-hybridized carbons (Fsp3) is 0.250. The van der Waals surface area contributed by atoms with E-state index in [2.05, 4.69) is 43.2 Å². The Hall–Kier alpha value is -1.77. The fourth-order valence-electron chi connectivity index (χ4n) is 1.63. The highest BCUT2D eigenvalue weighted by Gasteiger charge is 2.09. The first-order chi connectivity index (χ1) is 7.18. The van der Waals surface area contributed by atoms with Gasteiger partial charge in [-0.1, -0.05) is 29.8 Å². The summed E-state index contributed by atoms with van der Waals surface area (Å²) in [4.78, 5) is 0. The molecule has 1 heterocycles. The number of hydrogen-bond acceptors (Lipinski definition) is 2. The molecule has 0 aliphatic carbocycles. The van der Waals surface area contributed by atoms with E-state index in [1.54, 1.807) is 6.20 Å². The molecule has 0 fully saturated rings. The minimum atomic E-state index is 0.181. The van der Waals surface area contributed by atoms with Gasteiger partial charge < -0.3 is 5.73 Å². The van der Waals surface area contributed by atoms with Crippen LogP contribution in [0.15, 0.2) is 36.5 Å². The Morgan fingerprint density at radius 1 is 1.20 bits per heavy atom. The summed E-state index contributed by atoms with van der Waals surface area (Å²) in [6.07, 6.45) is 1.72. The van der Waals surface area contributed by atoms with E-state index in [1.807, 2.05) is 10.7 Å². The SMILES string of the molecule is Cc1ccc(C(C)n2nccc2N)cc1. The molecule has 78 valence electrons. The molecule has 0 saturated heterocycles. The number of nitrogen functional groups attached to an aromatic ring is 1. The first-order valence-electron chi connectivity index (χ1n) is 5.04. The van der Waals surface area contributed by atoms with Crippen LogP contribution in [0.25, 0.3) is 0 Å². The third kappa shape index (κ3) is 1.86. The number of nitrogens with two attached hydrogens (primary N) is 1. The summed E-state index contributed by atoms with van der Waals surface area (Å²) in [6.45, 7) is 4.17. The first-order valence-corrected chi connectivity index (χ1v) is 5.04. The van der Waals surface area contributed by atoms with Gasteiger partial charge in [-0.05, 0) is 25.5 Å². The van der Waals surface area contributed by atoms with Crippen molar-refractivity contribution in [3.63, 3.8) is 0 Å². The molecular weight excluding hydrogens is 186 g/mol. The Balaban J connectivity index is 2.32. The maximum absolute atomic E-state index is 5.81. The van der Waals surface area contributed by atoms with Crippen LogP contribution in [0.5, 0.6) is 0 Å². The first kappa shape index (κ1) is 9.77. The quantitative estimate of drug-likeness (QED) is 0.810. The largest absolute Gasteiger partial charge is 0.384 e. The van der Waals surface area contributed by atoms with E-state index in [1.165, 1.54) is 11.1 Å². The number of benzene rings is 1. The van der Waals surface area contributed by atoms with E-state index in [0.29, 0.717) is 5.82 Å². The molecule has 1 atom stereocenters. The molecule has 0 amide bonds. The predicted molar refractivity (Wildman–Crippen MR) is 61.6 cm³/mol. The monoisotopic (exact) mass is 201 g/mol. The van der Waals surface area contributed by atoms with Gasteiger partial charge in [0.05, 0.1) is 12.2 Å². The van der Waals surface area contributed by atoms with Gasteiger partial charge in [0.15, 0.2) is 0 Å². The number of aryl methyl sites for hydroxylation is 1. The van der Waals surface area contributed by atoms with Crippen LogP contribution in [0.2, 0.25) is 0 Å². The molecule has 0 spiro atoms. The Bertz CT molecular complexity index is 442. The second-order valence-electron chi connectivity index (χ2n) is 3.79. The number of rotatable bonds is 2. The molecule has 2 N–H and O–H groups in total. The van der Waals surface area contributed by atoms with Crippen molar-refractivity contribution >= 4 is 5.82 Å². The van der Waals surface area contributed by atoms with Crippen molar-refractivity contribution in [2.45, 2.75) is 19.9 Å². The lowest BCUT2D eigenvalue weighted by molar-refractivity contribution is 0.573. The zero-order valence-electron chi connectivity index (χ0n) is 9.01. The van der Waals surface area contributed by atoms with Gasteiger partial charge >= 0.3 is 0 Å². The van der Waals surface area contributed by atoms with Gasteiger partial charge in [-0.15, -0.1) is 0 Å². The summed E-state index contributed by atoms with van der Waals surface area (Å²) < 4.78 is 1.82. The molecule has 1 aromatic heterocycles.